The maximum absolute atomic E-state index is 6.04. The number of likely N-dealkylation sites (N-methyl/N-ethyl adjacent to an activating group) is 1. The number of thiazole rings is 1. The Bertz CT molecular complexity index is 912. The maximum Gasteiger partial charge on any atom is 0.161 e. The largest absolute Gasteiger partial charge is 0.497 e. The van der Waals surface area contributed by atoms with Crippen LogP contribution < -0.4 is 14.2 Å². The molecule has 1 aromatic heterocycles. The summed E-state index contributed by atoms with van der Waals surface area (Å²) in [5.74, 6) is 2.48. The standard InChI is InChI=1S/C21H22N2O3S/c1-23(12-18-13-25-19-8-3-4-9-20(19)26-18)11-16-14-27-21(22-16)15-6-5-7-17(10-15)24-2/h3-10,14,18H,11-13H2,1-2H3. The number of aromatic nitrogens is 1. The van der Waals surface area contributed by atoms with Crippen molar-refractivity contribution in [1.29, 1.82) is 0 Å². The minimum Gasteiger partial charge on any atom is -0.497 e. The Balaban J connectivity index is 1.36. The molecule has 0 amide bonds. The summed E-state index contributed by atoms with van der Waals surface area (Å²) >= 11 is 1.65. The van der Waals surface area contributed by atoms with Crippen molar-refractivity contribution in [2.45, 2.75) is 12.6 Å². The van der Waals surface area contributed by atoms with Crippen LogP contribution in [0.5, 0.6) is 17.2 Å². The predicted molar refractivity (Wildman–Crippen MR) is 107 cm³/mol. The summed E-state index contributed by atoms with van der Waals surface area (Å²) in [6.45, 7) is 2.11. The van der Waals surface area contributed by atoms with Gasteiger partial charge in [0.15, 0.2) is 11.5 Å². The summed E-state index contributed by atoms with van der Waals surface area (Å²) in [6.07, 6.45) is 0.0152. The van der Waals surface area contributed by atoms with Crippen molar-refractivity contribution in [2.75, 3.05) is 27.3 Å². The van der Waals surface area contributed by atoms with Crippen LogP contribution in [0.4, 0.5) is 0 Å². The molecule has 0 spiro atoms. The quantitative estimate of drug-likeness (QED) is 0.642. The molecule has 3 aromatic rings. The van der Waals surface area contributed by atoms with Gasteiger partial charge in [0.05, 0.1) is 12.8 Å². The molecular formula is C21H22N2O3S. The van der Waals surface area contributed by atoms with Crippen molar-refractivity contribution in [2.24, 2.45) is 0 Å². The van der Waals surface area contributed by atoms with E-state index in [1.807, 2.05) is 42.5 Å². The molecule has 4 rings (SSSR count). The van der Waals surface area contributed by atoms with E-state index in [1.165, 1.54) is 0 Å². The number of hydrogen-bond donors (Lipinski definition) is 0. The van der Waals surface area contributed by atoms with Gasteiger partial charge in [-0.05, 0) is 31.3 Å². The van der Waals surface area contributed by atoms with Crippen molar-refractivity contribution in [3.05, 3.63) is 59.6 Å². The lowest BCUT2D eigenvalue weighted by Crippen LogP contribution is -2.39. The fourth-order valence-electron chi connectivity index (χ4n) is 3.11. The van der Waals surface area contributed by atoms with Crippen LogP contribution in [0.1, 0.15) is 5.69 Å². The third-order valence-electron chi connectivity index (χ3n) is 4.38. The second kappa shape index (κ2) is 7.98. The van der Waals surface area contributed by atoms with E-state index in [4.69, 9.17) is 19.2 Å². The smallest absolute Gasteiger partial charge is 0.161 e. The highest BCUT2D eigenvalue weighted by Gasteiger charge is 2.22. The Hall–Kier alpha value is -2.57. The Morgan fingerprint density at radius 2 is 2.04 bits per heavy atom. The lowest BCUT2D eigenvalue weighted by molar-refractivity contribution is 0.0636. The molecule has 6 heteroatoms. The summed E-state index contributed by atoms with van der Waals surface area (Å²) in [5.41, 5.74) is 2.13. The normalized spacial score (nSPS) is 15.7. The van der Waals surface area contributed by atoms with Crippen LogP contribution in [0.2, 0.25) is 0 Å². The monoisotopic (exact) mass is 382 g/mol. The lowest BCUT2D eigenvalue weighted by atomic mass is 10.2. The van der Waals surface area contributed by atoms with Gasteiger partial charge in [0.1, 0.15) is 23.5 Å². The molecule has 27 heavy (non-hydrogen) atoms. The van der Waals surface area contributed by atoms with E-state index in [1.54, 1.807) is 18.4 Å². The molecule has 0 saturated carbocycles. The number of benzene rings is 2. The third kappa shape index (κ3) is 4.23. The molecular weight excluding hydrogens is 360 g/mol. The number of ether oxygens (including phenoxy) is 3. The van der Waals surface area contributed by atoms with Crippen LogP contribution in [0.15, 0.2) is 53.9 Å². The topological polar surface area (TPSA) is 43.8 Å². The molecule has 1 aliphatic heterocycles. The molecule has 0 radical (unpaired) electrons. The van der Waals surface area contributed by atoms with Crippen LogP contribution in [-0.2, 0) is 6.54 Å². The van der Waals surface area contributed by atoms with Gasteiger partial charge in [-0.25, -0.2) is 4.98 Å². The molecule has 1 unspecified atom stereocenters. The van der Waals surface area contributed by atoms with Crippen LogP contribution in [0, 0.1) is 0 Å². The van der Waals surface area contributed by atoms with Crippen LogP contribution >= 0.6 is 11.3 Å². The summed E-state index contributed by atoms with van der Waals surface area (Å²) in [7, 11) is 3.76. The number of hydrogen-bond acceptors (Lipinski definition) is 6. The minimum atomic E-state index is 0.0152. The van der Waals surface area contributed by atoms with Crippen molar-refractivity contribution < 1.29 is 14.2 Å². The maximum atomic E-state index is 6.04. The molecule has 140 valence electrons. The number of fused-ring (bicyclic) bond motifs is 1. The van der Waals surface area contributed by atoms with Gasteiger partial charge < -0.3 is 14.2 Å². The lowest BCUT2D eigenvalue weighted by Gasteiger charge is -2.29. The number of para-hydroxylation sites is 2. The molecule has 5 nitrogen and oxygen atoms in total. The van der Waals surface area contributed by atoms with Crippen molar-refractivity contribution in [1.82, 2.24) is 9.88 Å². The zero-order chi connectivity index (χ0) is 18.6. The highest BCUT2D eigenvalue weighted by Crippen LogP contribution is 2.31. The summed E-state index contributed by atoms with van der Waals surface area (Å²) < 4.78 is 17.1. The van der Waals surface area contributed by atoms with Gasteiger partial charge in [-0.1, -0.05) is 24.3 Å². The Labute approximate surface area is 163 Å². The van der Waals surface area contributed by atoms with Crippen molar-refractivity contribution >= 4 is 11.3 Å². The van der Waals surface area contributed by atoms with E-state index >= 15 is 0 Å². The van der Waals surface area contributed by atoms with Crippen LogP contribution in [0.25, 0.3) is 10.6 Å². The summed E-state index contributed by atoms with van der Waals surface area (Å²) in [5, 5.41) is 3.11. The van der Waals surface area contributed by atoms with Gasteiger partial charge in [-0.3, -0.25) is 4.90 Å². The van der Waals surface area contributed by atoms with Crippen LogP contribution in [-0.4, -0.2) is 43.3 Å². The van der Waals surface area contributed by atoms with Gasteiger partial charge in [-0.15, -0.1) is 11.3 Å². The second-order valence-electron chi connectivity index (χ2n) is 6.57. The van der Waals surface area contributed by atoms with Crippen molar-refractivity contribution in [3.63, 3.8) is 0 Å². The Morgan fingerprint density at radius 3 is 2.89 bits per heavy atom. The zero-order valence-corrected chi connectivity index (χ0v) is 16.2. The first-order valence-electron chi connectivity index (χ1n) is 8.87. The van der Waals surface area contributed by atoms with Gasteiger partial charge in [-0.2, -0.15) is 0 Å². The summed E-state index contributed by atoms with van der Waals surface area (Å²) in [6, 6.07) is 15.8. The number of rotatable bonds is 6. The van der Waals surface area contributed by atoms with Gasteiger partial charge >= 0.3 is 0 Å². The van der Waals surface area contributed by atoms with E-state index in [0.29, 0.717) is 6.61 Å². The predicted octanol–water partition coefficient (Wildman–Crippen LogP) is 4.09. The molecule has 2 aromatic carbocycles. The molecule has 1 aliphatic rings. The van der Waals surface area contributed by atoms with E-state index < -0.39 is 0 Å². The first-order valence-corrected chi connectivity index (χ1v) is 9.75. The fourth-order valence-corrected chi connectivity index (χ4v) is 3.92. The first kappa shape index (κ1) is 17.8. The first-order chi connectivity index (χ1) is 13.2. The van der Waals surface area contributed by atoms with E-state index in [2.05, 4.69) is 23.4 Å². The second-order valence-corrected chi connectivity index (χ2v) is 7.43. The van der Waals surface area contributed by atoms with Crippen LogP contribution in [0.3, 0.4) is 0 Å². The third-order valence-corrected chi connectivity index (χ3v) is 5.32. The molecule has 2 heterocycles. The summed E-state index contributed by atoms with van der Waals surface area (Å²) in [4.78, 5) is 6.99. The van der Waals surface area contributed by atoms with Gasteiger partial charge in [0.2, 0.25) is 0 Å². The van der Waals surface area contributed by atoms with Gasteiger partial charge in [0, 0.05) is 24.0 Å². The average Bonchev–Trinajstić information content (AvgIpc) is 3.16. The highest BCUT2D eigenvalue weighted by atomic mass is 32.1. The number of nitrogens with zero attached hydrogens (tertiary/aromatic N) is 2. The van der Waals surface area contributed by atoms with E-state index in [9.17, 15) is 0 Å². The molecule has 0 N–H and O–H groups in total. The highest BCUT2D eigenvalue weighted by molar-refractivity contribution is 7.13. The van der Waals surface area contributed by atoms with E-state index in [-0.39, 0.29) is 6.10 Å². The molecule has 0 aliphatic carbocycles. The number of methoxy groups -OCH3 is 1. The molecule has 1 atom stereocenters. The SMILES string of the molecule is COc1cccc(-c2nc(CN(C)CC3COc4ccccc4O3)cs2)c1. The van der Waals surface area contributed by atoms with Gasteiger partial charge in [0.25, 0.3) is 0 Å². The Morgan fingerprint density at radius 1 is 1.19 bits per heavy atom. The zero-order valence-electron chi connectivity index (χ0n) is 15.4. The van der Waals surface area contributed by atoms with E-state index in [0.717, 1.165) is 46.6 Å². The fraction of sp³-hybridized carbons (Fsp3) is 0.286. The Kier molecular flexibility index (Phi) is 5.27. The molecule has 0 saturated heterocycles. The van der Waals surface area contributed by atoms with Crippen molar-refractivity contribution in [3.8, 4) is 27.8 Å². The molecule has 0 bridgehead atoms. The minimum absolute atomic E-state index is 0.0152. The molecule has 0 fully saturated rings. The average molecular weight is 382 g/mol.